The first kappa shape index (κ1) is 18.8. The molecule has 0 aliphatic heterocycles. The Labute approximate surface area is 156 Å². The molecule has 0 bridgehead atoms. The van der Waals surface area contributed by atoms with Crippen LogP contribution in [0, 0.1) is 6.92 Å². The second-order valence-corrected chi connectivity index (χ2v) is 6.29. The molecule has 0 N–H and O–H groups in total. The van der Waals surface area contributed by atoms with E-state index in [2.05, 4.69) is 0 Å². The van der Waals surface area contributed by atoms with Crippen molar-refractivity contribution in [2.24, 2.45) is 0 Å². The minimum atomic E-state index is -4.51. The van der Waals surface area contributed by atoms with E-state index < -0.39 is 11.7 Å². The second-order valence-electron chi connectivity index (χ2n) is 6.29. The van der Waals surface area contributed by atoms with Crippen LogP contribution in [0.15, 0.2) is 85.1 Å². The normalized spacial score (nSPS) is 12.1. The van der Waals surface area contributed by atoms with Crippen LogP contribution in [-0.4, -0.2) is 6.18 Å². The molecule has 0 aliphatic rings. The molecular formula is C23H19F3O. The quantitative estimate of drug-likeness (QED) is 0.463. The number of rotatable bonds is 5. The molecule has 0 amide bonds. The smallest absolute Gasteiger partial charge is 0.419 e. The summed E-state index contributed by atoms with van der Waals surface area (Å²) in [6.45, 7) is 1.76. The summed E-state index contributed by atoms with van der Waals surface area (Å²) in [6, 6.07) is 23.2. The maximum Gasteiger partial charge on any atom is 0.419 e. The summed E-state index contributed by atoms with van der Waals surface area (Å²) < 4.78 is 46.1. The van der Waals surface area contributed by atoms with Crippen molar-refractivity contribution >= 4 is 5.57 Å². The summed E-state index contributed by atoms with van der Waals surface area (Å²) in [6.07, 6.45) is -3.13. The minimum absolute atomic E-state index is 0.0861. The Kier molecular flexibility index (Phi) is 5.65. The minimum Gasteiger partial charge on any atom is -0.464 e. The Morgan fingerprint density at radius 2 is 1.59 bits per heavy atom. The monoisotopic (exact) mass is 368 g/mol. The van der Waals surface area contributed by atoms with Crippen LogP contribution in [0.1, 0.15) is 22.3 Å². The molecule has 0 aromatic heterocycles. The van der Waals surface area contributed by atoms with Crippen LogP contribution >= 0.6 is 0 Å². The topological polar surface area (TPSA) is 9.23 Å². The number of halogens is 3. The average Bonchev–Trinajstić information content (AvgIpc) is 2.63. The zero-order valence-electron chi connectivity index (χ0n) is 14.8. The van der Waals surface area contributed by atoms with Crippen molar-refractivity contribution in [3.8, 4) is 5.75 Å². The lowest BCUT2D eigenvalue weighted by molar-refractivity contribution is -0.0697. The maximum absolute atomic E-state index is 13.5. The molecule has 0 heterocycles. The van der Waals surface area contributed by atoms with E-state index in [-0.39, 0.29) is 5.56 Å². The summed E-state index contributed by atoms with van der Waals surface area (Å²) in [5.41, 5.74) is 1.92. The van der Waals surface area contributed by atoms with Gasteiger partial charge in [0, 0.05) is 6.42 Å². The van der Waals surface area contributed by atoms with E-state index in [9.17, 15) is 13.2 Å². The molecule has 4 heteroatoms. The highest BCUT2D eigenvalue weighted by Crippen LogP contribution is 2.35. The van der Waals surface area contributed by atoms with E-state index in [0.717, 1.165) is 23.0 Å². The van der Waals surface area contributed by atoms with Gasteiger partial charge in [0.1, 0.15) is 12.0 Å². The fraction of sp³-hybridized carbons (Fsp3) is 0.130. The lowest BCUT2D eigenvalue weighted by atomic mass is 10.0. The molecule has 3 aromatic rings. The highest BCUT2D eigenvalue weighted by atomic mass is 19.4. The molecule has 0 aliphatic carbocycles. The molecule has 0 unspecified atom stereocenters. The molecule has 0 spiro atoms. The Morgan fingerprint density at radius 1 is 0.889 bits per heavy atom. The molecular weight excluding hydrogens is 349 g/mol. The van der Waals surface area contributed by atoms with Gasteiger partial charge in [-0.3, -0.25) is 0 Å². The van der Waals surface area contributed by atoms with E-state index in [1.807, 2.05) is 42.5 Å². The van der Waals surface area contributed by atoms with E-state index in [1.165, 1.54) is 12.1 Å². The van der Waals surface area contributed by atoms with Crippen molar-refractivity contribution in [2.75, 3.05) is 0 Å². The van der Waals surface area contributed by atoms with Crippen LogP contribution in [0.4, 0.5) is 13.2 Å². The van der Waals surface area contributed by atoms with E-state index in [1.54, 1.807) is 31.2 Å². The van der Waals surface area contributed by atoms with Gasteiger partial charge < -0.3 is 4.74 Å². The first-order valence-electron chi connectivity index (χ1n) is 8.56. The third-order valence-electron chi connectivity index (χ3n) is 4.15. The fourth-order valence-electron chi connectivity index (χ4n) is 2.81. The van der Waals surface area contributed by atoms with Crippen LogP contribution in [-0.2, 0) is 6.42 Å². The van der Waals surface area contributed by atoms with Gasteiger partial charge in [-0.1, -0.05) is 78.4 Å². The van der Waals surface area contributed by atoms with E-state index in [4.69, 9.17) is 4.74 Å². The largest absolute Gasteiger partial charge is 0.464 e. The zero-order chi connectivity index (χ0) is 19.3. The summed E-state index contributed by atoms with van der Waals surface area (Å²) in [7, 11) is 0. The molecule has 3 aromatic carbocycles. The Balaban J connectivity index is 1.91. The van der Waals surface area contributed by atoms with Crippen LogP contribution in [0.3, 0.4) is 0 Å². The lowest BCUT2D eigenvalue weighted by Gasteiger charge is -2.14. The number of hydrogen-bond acceptors (Lipinski definition) is 1. The van der Waals surface area contributed by atoms with Gasteiger partial charge in [0.15, 0.2) is 0 Å². The second kappa shape index (κ2) is 8.12. The summed E-state index contributed by atoms with van der Waals surface area (Å²) in [4.78, 5) is 0. The number of ether oxygens (including phenoxy) is 1. The third-order valence-corrected chi connectivity index (χ3v) is 4.15. The molecule has 0 saturated carbocycles. The number of alkyl halides is 3. The van der Waals surface area contributed by atoms with E-state index >= 15 is 0 Å². The summed E-state index contributed by atoms with van der Waals surface area (Å²) in [5, 5.41) is 0. The van der Waals surface area contributed by atoms with Gasteiger partial charge in [-0.2, -0.15) is 13.2 Å². The van der Waals surface area contributed by atoms with Crippen LogP contribution in [0.2, 0.25) is 0 Å². The highest BCUT2D eigenvalue weighted by molar-refractivity contribution is 5.69. The van der Waals surface area contributed by atoms with Crippen LogP contribution < -0.4 is 4.74 Å². The highest BCUT2D eigenvalue weighted by Gasteiger charge is 2.35. The summed E-state index contributed by atoms with van der Waals surface area (Å²) in [5.74, 6) is 0.413. The van der Waals surface area contributed by atoms with Gasteiger partial charge in [0.25, 0.3) is 0 Å². The number of benzene rings is 3. The van der Waals surface area contributed by atoms with Crippen molar-refractivity contribution in [3.05, 3.63) is 107 Å². The Hall–Kier alpha value is -3.01. The molecule has 0 saturated heterocycles. The average molecular weight is 368 g/mol. The first-order valence-corrected chi connectivity index (χ1v) is 8.56. The zero-order valence-corrected chi connectivity index (χ0v) is 14.8. The van der Waals surface area contributed by atoms with Gasteiger partial charge in [-0.25, -0.2) is 0 Å². The van der Waals surface area contributed by atoms with E-state index in [0.29, 0.717) is 12.2 Å². The van der Waals surface area contributed by atoms with Gasteiger partial charge in [0.05, 0.1) is 5.57 Å². The summed E-state index contributed by atoms with van der Waals surface area (Å²) >= 11 is 0. The van der Waals surface area contributed by atoms with Crippen LogP contribution in [0.25, 0.3) is 5.57 Å². The maximum atomic E-state index is 13.5. The van der Waals surface area contributed by atoms with Crippen molar-refractivity contribution < 1.29 is 17.9 Å². The number of hydrogen-bond donors (Lipinski definition) is 0. The van der Waals surface area contributed by atoms with Gasteiger partial charge in [-0.05, 0) is 29.7 Å². The molecule has 138 valence electrons. The fourth-order valence-corrected chi connectivity index (χ4v) is 2.81. The Bertz CT molecular complexity index is 928. The number of aryl methyl sites for hydroxylation is 1. The van der Waals surface area contributed by atoms with Crippen molar-refractivity contribution in [1.82, 2.24) is 0 Å². The Morgan fingerprint density at radius 3 is 2.30 bits per heavy atom. The third kappa shape index (κ3) is 5.00. The molecule has 1 nitrogen and oxygen atoms in total. The predicted molar refractivity (Wildman–Crippen MR) is 102 cm³/mol. The van der Waals surface area contributed by atoms with Crippen LogP contribution in [0.5, 0.6) is 5.75 Å². The van der Waals surface area contributed by atoms with Crippen molar-refractivity contribution in [2.45, 2.75) is 19.5 Å². The molecule has 0 atom stereocenters. The van der Waals surface area contributed by atoms with Gasteiger partial charge in [-0.15, -0.1) is 0 Å². The number of allylic oxidation sites excluding steroid dienone is 1. The van der Waals surface area contributed by atoms with Crippen molar-refractivity contribution in [3.63, 3.8) is 0 Å². The standard InChI is InChI=1S/C23H19F3O/c1-17-8-7-12-19(14-17)21(23(24,25)26)16-27-22-13-6-5-11-20(22)15-18-9-3-2-4-10-18/h2-14,16H,15H2,1H3/b21-16+. The molecule has 0 radical (unpaired) electrons. The number of para-hydroxylation sites is 1. The molecule has 0 fully saturated rings. The van der Waals surface area contributed by atoms with Crippen molar-refractivity contribution in [1.29, 1.82) is 0 Å². The predicted octanol–water partition coefficient (Wildman–Crippen LogP) is 6.57. The SMILES string of the molecule is Cc1cccc(/C(=C\Oc2ccccc2Cc2ccccc2)C(F)(F)F)c1. The van der Waals surface area contributed by atoms with Gasteiger partial charge in [0.2, 0.25) is 0 Å². The molecule has 3 rings (SSSR count). The molecule has 27 heavy (non-hydrogen) atoms. The first-order chi connectivity index (χ1) is 12.9. The lowest BCUT2D eigenvalue weighted by Crippen LogP contribution is -2.12. The van der Waals surface area contributed by atoms with Gasteiger partial charge >= 0.3 is 6.18 Å².